The highest BCUT2D eigenvalue weighted by atomic mass is 79.9. The third-order valence-corrected chi connectivity index (χ3v) is 5.36. The number of methoxy groups -OCH3 is 1. The summed E-state index contributed by atoms with van der Waals surface area (Å²) in [6.07, 6.45) is 0. The van der Waals surface area contributed by atoms with E-state index in [1.807, 2.05) is 12.1 Å². The molecule has 134 valence electrons. The number of hydrogen-bond acceptors (Lipinski definition) is 4. The van der Waals surface area contributed by atoms with Crippen molar-refractivity contribution >= 4 is 15.9 Å². The first-order valence-electron chi connectivity index (χ1n) is 8.75. The Bertz CT molecular complexity index is 672. The normalized spacial score (nSPS) is 17.4. The van der Waals surface area contributed by atoms with Crippen LogP contribution in [0, 0.1) is 0 Å². The van der Waals surface area contributed by atoms with Crippen molar-refractivity contribution in [1.82, 2.24) is 9.80 Å². The number of hydrogen-bond donors (Lipinski definition) is 1. The maximum atomic E-state index is 6.14. The zero-order valence-electron chi connectivity index (χ0n) is 14.7. The fraction of sp³-hybridized carbons (Fsp3) is 0.400. The molecule has 1 atom stereocenters. The molecule has 0 aromatic heterocycles. The first kappa shape index (κ1) is 18.4. The second-order valence-corrected chi connectivity index (χ2v) is 7.35. The Morgan fingerprint density at radius 3 is 2.44 bits per heavy atom. The van der Waals surface area contributed by atoms with Gasteiger partial charge in [-0.05, 0) is 23.8 Å². The van der Waals surface area contributed by atoms with Crippen LogP contribution in [0.3, 0.4) is 0 Å². The Hall–Kier alpha value is -1.40. The van der Waals surface area contributed by atoms with E-state index in [0.29, 0.717) is 6.54 Å². The van der Waals surface area contributed by atoms with E-state index in [2.05, 4.69) is 62.1 Å². The molecule has 0 saturated carbocycles. The molecule has 0 amide bonds. The maximum Gasteiger partial charge on any atom is 0.123 e. The minimum atomic E-state index is 0.186. The lowest BCUT2D eigenvalue weighted by molar-refractivity contribution is 0.0931. The van der Waals surface area contributed by atoms with E-state index in [9.17, 15) is 0 Å². The minimum absolute atomic E-state index is 0.186. The highest BCUT2D eigenvalue weighted by Gasteiger charge is 2.26. The molecule has 1 aliphatic rings. The summed E-state index contributed by atoms with van der Waals surface area (Å²) < 4.78 is 6.62. The van der Waals surface area contributed by atoms with Crippen molar-refractivity contribution in [3.63, 3.8) is 0 Å². The third kappa shape index (κ3) is 4.61. The Labute approximate surface area is 158 Å². The van der Waals surface area contributed by atoms with Gasteiger partial charge in [0.15, 0.2) is 0 Å². The van der Waals surface area contributed by atoms with Crippen LogP contribution in [0.1, 0.15) is 17.2 Å². The molecule has 2 aromatic carbocycles. The van der Waals surface area contributed by atoms with Gasteiger partial charge in [-0.3, -0.25) is 9.80 Å². The first-order chi connectivity index (χ1) is 12.2. The van der Waals surface area contributed by atoms with Gasteiger partial charge in [-0.1, -0.05) is 46.3 Å². The largest absolute Gasteiger partial charge is 0.496 e. The molecule has 0 radical (unpaired) electrons. The van der Waals surface area contributed by atoms with Crippen LogP contribution < -0.4 is 10.5 Å². The fourth-order valence-electron chi connectivity index (χ4n) is 3.51. The summed E-state index contributed by atoms with van der Waals surface area (Å²) >= 11 is 3.57. The lowest BCUT2D eigenvalue weighted by Crippen LogP contribution is -2.48. The molecule has 1 heterocycles. The molecule has 3 rings (SSSR count). The van der Waals surface area contributed by atoms with Crippen LogP contribution in [-0.2, 0) is 6.54 Å². The molecular weight excluding hydrogens is 378 g/mol. The van der Waals surface area contributed by atoms with Crippen molar-refractivity contribution < 1.29 is 4.74 Å². The molecule has 1 unspecified atom stereocenters. The summed E-state index contributed by atoms with van der Waals surface area (Å²) in [6.45, 7) is 5.76. The molecule has 4 nitrogen and oxygen atoms in total. The standard InChI is InChI=1S/C20H26BrN3O/c1-25-20-8-7-17(21)13-18(20)19(14-22)24-11-9-23(10-12-24)15-16-5-3-2-4-6-16/h2-8,13,19H,9-12,14-15,22H2,1H3. The topological polar surface area (TPSA) is 41.7 Å². The van der Waals surface area contributed by atoms with E-state index >= 15 is 0 Å². The Kier molecular flexibility index (Phi) is 6.48. The highest BCUT2D eigenvalue weighted by Crippen LogP contribution is 2.32. The second-order valence-electron chi connectivity index (χ2n) is 6.44. The molecule has 1 saturated heterocycles. The van der Waals surface area contributed by atoms with Crippen molar-refractivity contribution in [3.05, 3.63) is 64.1 Å². The Morgan fingerprint density at radius 2 is 1.80 bits per heavy atom. The van der Waals surface area contributed by atoms with Gasteiger partial charge in [0.1, 0.15) is 5.75 Å². The predicted octanol–water partition coefficient (Wildman–Crippen LogP) is 3.28. The molecule has 1 aliphatic heterocycles. The average molecular weight is 404 g/mol. The van der Waals surface area contributed by atoms with Crippen LogP contribution in [0.4, 0.5) is 0 Å². The van der Waals surface area contributed by atoms with Crippen LogP contribution in [0.2, 0.25) is 0 Å². The molecule has 5 heteroatoms. The summed E-state index contributed by atoms with van der Waals surface area (Å²) in [5.41, 5.74) is 8.68. The van der Waals surface area contributed by atoms with Gasteiger partial charge in [-0.25, -0.2) is 0 Å². The van der Waals surface area contributed by atoms with Crippen molar-refractivity contribution in [2.24, 2.45) is 5.73 Å². The zero-order valence-corrected chi connectivity index (χ0v) is 16.3. The molecule has 2 N–H and O–H groups in total. The number of nitrogens with zero attached hydrogens (tertiary/aromatic N) is 2. The van der Waals surface area contributed by atoms with Crippen LogP contribution in [0.15, 0.2) is 53.0 Å². The van der Waals surface area contributed by atoms with Gasteiger partial charge in [-0.2, -0.15) is 0 Å². The van der Waals surface area contributed by atoms with Gasteiger partial charge in [0.2, 0.25) is 0 Å². The number of benzene rings is 2. The van der Waals surface area contributed by atoms with Crippen LogP contribution in [0.5, 0.6) is 5.75 Å². The van der Waals surface area contributed by atoms with Gasteiger partial charge < -0.3 is 10.5 Å². The molecular formula is C20H26BrN3O. The summed E-state index contributed by atoms with van der Waals surface area (Å²) in [5, 5.41) is 0. The summed E-state index contributed by atoms with van der Waals surface area (Å²) in [6, 6.07) is 17.0. The Morgan fingerprint density at radius 1 is 1.08 bits per heavy atom. The fourth-order valence-corrected chi connectivity index (χ4v) is 3.89. The van der Waals surface area contributed by atoms with E-state index in [4.69, 9.17) is 10.5 Å². The summed E-state index contributed by atoms with van der Waals surface area (Å²) in [5.74, 6) is 0.908. The summed E-state index contributed by atoms with van der Waals surface area (Å²) in [7, 11) is 1.72. The van der Waals surface area contributed by atoms with Crippen LogP contribution in [-0.4, -0.2) is 49.6 Å². The van der Waals surface area contributed by atoms with Crippen molar-refractivity contribution in [2.75, 3.05) is 39.8 Å². The number of rotatable bonds is 6. The van der Waals surface area contributed by atoms with E-state index in [1.165, 1.54) is 5.56 Å². The van der Waals surface area contributed by atoms with Gasteiger partial charge in [-0.15, -0.1) is 0 Å². The molecule has 1 fully saturated rings. The molecule has 0 spiro atoms. The van der Waals surface area contributed by atoms with E-state index in [1.54, 1.807) is 7.11 Å². The number of piperazine rings is 1. The smallest absolute Gasteiger partial charge is 0.123 e. The monoisotopic (exact) mass is 403 g/mol. The van der Waals surface area contributed by atoms with E-state index in [-0.39, 0.29) is 6.04 Å². The highest BCUT2D eigenvalue weighted by molar-refractivity contribution is 9.10. The van der Waals surface area contributed by atoms with E-state index in [0.717, 1.165) is 48.5 Å². The van der Waals surface area contributed by atoms with Gasteiger partial charge in [0.05, 0.1) is 13.2 Å². The van der Waals surface area contributed by atoms with Gasteiger partial charge >= 0.3 is 0 Å². The quantitative estimate of drug-likeness (QED) is 0.803. The number of ether oxygens (including phenoxy) is 1. The van der Waals surface area contributed by atoms with Gasteiger partial charge in [0, 0.05) is 49.3 Å². The first-order valence-corrected chi connectivity index (χ1v) is 9.54. The second kappa shape index (κ2) is 8.81. The maximum absolute atomic E-state index is 6.14. The number of nitrogens with two attached hydrogens (primary N) is 1. The lowest BCUT2D eigenvalue weighted by atomic mass is 10.0. The SMILES string of the molecule is COc1ccc(Br)cc1C(CN)N1CCN(Cc2ccccc2)CC1. The average Bonchev–Trinajstić information content (AvgIpc) is 2.65. The molecule has 2 aromatic rings. The zero-order chi connectivity index (χ0) is 17.6. The van der Waals surface area contributed by atoms with Gasteiger partial charge in [0.25, 0.3) is 0 Å². The predicted molar refractivity (Wildman–Crippen MR) is 106 cm³/mol. The molecule has 25 heavy (non-hydrogen) atoms. The molecule has 0 aliphatic carbocycles. The summed E-state index contributed by atoms with van der Waals surface area (Å²) in [4.78, 5) is 4.99. The third-order valence-electron chi connectivity index (χ3n) is 4.87. The number of halogens is 1. The minimum Gasteiger partial charge on any atom is -0.496 e. The van der Waals surface area contributed by atoms with E-state index < -0.39 is 0 Å². The van der Waals surface area contributed by atoms with Crippen molar-refractivity contribution in [1.29, 1.82) is 0 Å². The van der Waals surface area contributed by atoms with Crippen molar-refractivity contribution in [2.45, 2.75) is 12.6 Å². The molecule has 0 bridgehead atoms. The Balaban J connectivity index is 1.65. The van der Waals surface area contributed by atoms with Crippen molar-refractivity contribution in [3.8, 4) is 5.75 Å². The van der Waals surface area contributed by atoms with Crippen LogP contribution >= 0.6 is 15.9 Å². The van der Waals surface area contributed by atoms with Crippen LogP contribution in [0.25, 0.3) is 0 Å². The lowest BCUT2D eigenvalue weighted by Gasteiger charge is -2.39.